The number of nitrogens with one attached hydrogen (secondary N) is 1. The Balaban J connectivity index is 1.37. The number of amides is 3. The molecular weight excluding hydrogens is 578 g/mol. The van der Waals surface area contributed by atoms with Gasteiger partial charge < -0.3 is 15.1 Å². The number of halogens is 1. The van der Waals surface area contributed by atoms with Gasteiger partial charge >= 0.3 is 0 Å². The van der Waals surface area contributed by atoms with Gasteiger partial charge in [-0.3, -0.25) is 14.4 Å². The van der Waals surface area contributed by atoms with Crippen molar-refractivity contribution < 1.29 is 14.4 Å². The van der Waals surface area contributed by atoms with Crippen molar-refractivity contribution in [1.82, 2.24) is 10.2 Å². The van der Waals surface area contributed by atoms with Gasteiger partial charge in [0.1, 0.15) is 6.04 Å². The normalized spacial score (nSPS) is 13.1. The lowest BCUT2D eigenvalue weighted by Gasteiger charge is -2.32. The first-order valence-corrected chi connectivity index (χ1v) is 14.8. The summed E-state index contributed by atoms with van der Waals surface area (Å²) >= 11 is 3.48. The Morgan fingerprint density at radius 2 is 1.59 bits per heavy atom. The van der Waals surface area contributed by atoms with Crippen LogP contribution in [0.4, 0.5) is 5.69 Å². The average Bonchev–Trinajstić information content (AvgIpc) is 3.24. The van der Waals surface area contributed by atoms with Gasteiger partial charge in [0.05, 0.1) is 5.69 Å². The van der Waals surface area contributed by atoms with E-state index >= 15 is 0 Å². The number of carbonyl (C=O) groups excluding carboxylic acids is 3. The highest BCUT2D eigenvalue weighted by Crippen LogP contribution is 2.37. The van der Waals surface area contributed by atoms with Crippen molar-refractivity contribution in [2.45, 2.75) is 51.7 Å². The van der Waals surface area contributed by atoms with Gasteiger partial charge in [0, 0.05) is 47.4 Å². The molecule has 5 rings (SSSR count). The van der Waals surface area contributed by atoms with Crippen LogP contribution in [0.5, 0.6) is 0 Å². The Labute approximate surface area is 249 Å². The molecule has 1 atom stereocenters. The van der Waals surface area contributed by atoms with Gasteiger partial charge in [-0.05, 0) is 61.0 Å². The van der Waals surface area contributed by atoms with E-state index in [1.165, 1.54) is 0 Å². The molecule has 0 spiro atoms. The van der Waals surface area contributed by atoms with Crippen LogP contribution in [-0.4, -0.2) is 41.2 Å². The Morgan fingerprint density at radius 1 is 0.878 bits per heavy atom. The maximum atomic E-state index is 13.9. The highest BCUT2D eigenvalue weighted by atomic mass is 79.9. The molecule has 6 nitrogen and oxygen atoms in total. The summed E-state index contributed by atoms with van der Waals surface area (Å²) in [5.41, 5.74) is 3.52. The molecule has 1 N–H and O–H groups in total. The smallest absolute Gasteiger partial charge is 0.258 e. The number of benzene rings is 4. The fraction of sp³-hybridized carbons (Fsp3) is 0.265. The van der Waals surface area contributed by atoms with Crippen molar-refractivity contribution in [3.05, 3.63) is 112 Å². The molecule has 0 aliphatic carbocycles. The Hall–Kier alpha value is -3.97. The molecule has 4 aromatic rings. The summed E-state index contributed by atoms with van der Waals surface area (Å²) in [6.07, 6.45) is 1.10. The van der Waals surface area contributed by atoms with E-state index in [1.54, 1.807) is 9.80 Å². The molecular formula is C34H34BrN3O3. The second-order valence-electron chi connectivity index (χ2n) is 10.8. The molecule has 0 saturated heterocycles. The standard InChI is InChI=1S/C34H34BrN3O3/c1-23(2)36-33(40)30(21-24-9-4-3-5-10-24)38(22-25-16-18-27(35)19-17-25)31(39)15-8-20-37-29-14-7-12-26-11-6-13-28(32(26)29)34(37)41/h3-7,9-14,16-19,23,30H,8,15,20-22H2,1-2H3,(H,36,40)/t30-/m1/s1. The van der Waals surface area contributed by atoms with Gasteiger partial charge in [-0.2, -0.15) is 0 Å². The van der Waals surface area contributed by atoms with E-state index < -0.39 is 6.04 Å². The van der Waals surface area contributed by atoms with Gasteiger partial charge in [-0.1, -0.05) is 82.7 Å². The first-order valence-electron chi connectivity index (χ1n) is 14.0. The van der Waals surface area contributed by atoms with E-state index in [-0.39, 0.29) is 30.2 Å². The van der Waals surface area contributed by atoms with Crippen molar-refractivity contribution in [2.24, 2.45) is 0 Å². The zero-order valence-electron chi connectivity index (χ0n) is 23.3. The summed E-state index contributed by atoms with van der Waals surface area (Å²) < 4.78 is 0.948. The third kappa shape index (κ3) is 6.51. The first kappa shape index (κ1) is 28.6. The van der Waals surface area contributed by atoms with Gasteiger partial charge in [0.25, 0.3) is 5.91 Å². The molecule has 0 bridgehead atoms. The van der Waals surface area contributed by atoms with Crippen molar-refractivity contribution in [1.29, 1.82) is 0 Å². The van der Waals surface area contributed by atoms with Crippen LogP contribution in [0.25, 0.3) is 10.8 Å². The minimum atomic E-state index is -0.678. The molecule has 1 aliphatic rings. The molecule has 4 aromatic carbocycles. The first-order chi connectivity index (χ1) is 19.8. The van der Waals surface area contributed by atoms with E-state index in [4.69, 9.17) is 0 Å². The zero-order chi connectivity index (χ0) is 28.9. The van der Waals surface area contributed by atoms with E-state index in [0.717, 1.165) is 32.1 Å². The van der Waals surface area contributed by atoms with Crippen LogP contribution in [0.15, 0.2) is 95.5 Å². The summed E-state index contributed by atoms with van der Waals surface area (Å²) in [4.78, 5) is 44.2. The summed E-state index contributed by atoms with van der Waals surface area (Å²) in [5.74, 6) is -0.324. The van der Waals surface area contributed by atoms with Gasteiger partial charge in [-0.25, -0.2) is 0 Å². The van der Waals surface area contributed by atoms with Crippen molar-refractivity contribution >= 4 is 50.1 Å². The van der Waals surface area contributed by atoms with Crippen molar-refractivity contribution in [3.63, 3.8) is 0 Å². The van der Waals surface area contributed by atoms with E-state index in [1.807, 2.05) is 105 Å². The van der Waals surface area contributed by atoms with Crippen LogP contribution >= 0.6 is 15.9 Å². The van der Waals surface area contributed by atoms with Crippen LogP contribution in [0.2, 0.25) is 0 Å². The number of rotatable bonds is 11. The van der Waals surface area contributed by atoms with Crippen molar-refractivity contribution in [2.75, 3.05) is 11.4 Å². The van der Waals surface area contributed by atoms with E-state index in [2.05, 4.69) is 21.2 Å². The third-order valence-corrected chi connectivity index (χ3v) is 7.92. The highest BCUT2D eigenvalue weighted by Gasteiger charge is 2.32. The van der Waals surface area contributed by atoms with Crippen LogP contribution in [0, 0.1) is 0 Å². The number of nitrogens with zero attached hydrogens (tertiary/aromatic N) is 2. The molecule has 0 unspecified atom stereocenters. The fourth-order valence-electron chi connectivity index (χ4n) is 5.45. The monoisotopic (exact) mass is 611 g/mol. The molecule has 0 saturated carbocycles. The van der Waals surface area contributed by atoms with Crippen LogP contribution in [0.1, 0.15) is 48.2 Å². The lowest BCUT2D eigenvalue weighted by molar-refractivity contribution is -0.141. The quantitative estimate of drug-likeness (QED) is 0.210. The minimum Gasteiger partial charge on any atom is -0.352 e. The van der Waals surface area contributed by atoms with Gasteiger partial charge in [0.15, 0.2) is 0 Å². The molecule has 41 heavy (non-hydrogen) atoms. The number of hydrogen-bond acceptors (Lipinski definition) is 3. The summed E-state index contributed by atoms with van der Waals surface area (Å²) in [5, 5.41) is 5.03. The maximum absolute atomic E-state index is 13.9. The largest absolute Gasteiger partial charge is 0.352 e. The average molecular weight is 613 g/mol. The lowest BCUT2D eigenvalue weighted by Crippen LogP contribution is -2.51. The zero-order valence-corrected chi connectivity index (χ0v) is 24.9. The minimum absolute atomic E-state index is 0.0331. The van der Waals surface area contributed by atoms with Crippen LogP contribution in [0.3, 0.4) is 0 Å². The second-order valence-corrected chi connectivity index (χ2v) is 11.7. The van der Waals surface area contributed by atoms with E-state index in [0.29, 0.717) is 31.5 Å². The molecule has 0 radical (unpaired) electrons. The predicted octanol–water partition coefficient (Wildman–Crippen LogP) is 6.51. The molecule has 1 heterocycles. The lowest BCUT2D eigenvalue weighted by atomic mass is 10.0. The summed E-state index contributed by atoms with van der Waals surface area (Å²) in [6, 6.07) is 28.6. The Morgan fingerprint density at radius 3 is 2.29 bits per heavy atom. The number of carbonyl (C=O) groups is 3. The maximum Gasteiger partial charge on any atom is 0.258 e. The topological polar surface area (TPSA) is 69.7 Å². The molecule has 210 valence electrons. The third-order valence-electron chi connectivity index (χ3n) is 7.39. The summed E-state index contributed by atoms with van der Waals surface area (Å²) in [6.45, 7) is 4.57. The van der Waals surface area contributed by atoms with Crippen LogP contribution in [-0.2, 0) is 22.6 Å². The SMILES string of the molecule is CC(C)NC(=O)[C@@H](Cc1ccccc1)N(Cc1ccc(Br)cc1)C(=O)CCCN1C(=O)c2cccc3cccc1c23. The summed E-state index contributed by atoms with van der Waals surface area (Å²) in [7, 11) is 0. The molecule has 1 aliphatic heterocycles. The van der Waals surface area contributed by atoms with Gasteiger partial charge in [-0.15, -0.1) is 0 Å². The highest BCUT2D eigenvalue weighted by molar-refractivity contribution is 9.10. The predicted molar refractivity (Wildman–Crippen MR) is 167 cm³/mol. The molecule has 7 heteroatoms. The number of anilines is 1. The number of hydrogen-bond donors (Lipinski definition) is 1. The van der Waals surface area contributed by atoms with Gasteiger partial charge in [0.2, 0.25) is 11.8 Å². The molecule has 0 fully saturated rings. The van der Waals surface area contributed by atoms with Crippen molar-refractivity contribution in [3.8, 4) is 0 Å². The Bertz CT molecular complexity index is 1550. The van der Waals surface area contributed by atoms with Crippen LogP contribution < -0.4 is 10.2 Å². The fourth-order valence-corrected chi connectivity index (χ4v) is 5.72. The molecule has 0 aromatic heterocycles. The Kier molecular flexibility index (Phi) is 8.84. The van der Waals surface area contributed by atoms with E-state index in [9.17, 15) is 14.4 Å². The second kappa shape index (κ2) is 12.7. The molecule has 3 amide bonds.